The maximum atomic E-state index is 13.5. The third-order valence-corrected chi connectivity index (χ3v) is 7.93. The highest BCUT2D eigenvalue weighted by Gasteiger charge is 2.77. The summed E-state index contributed by atoms with van der Waals surface area (Å²) in [6.45, 7) is 6.00. The molecule has 2 aliphatic carbocycles. The number of carbonyl (C=O) groups is 4. The average molecular weight is 558 g/mol. The fourth-order valence-electron chi connectivity index (χ4n) is 6.02. The number of hydrogen-bond acceptors (Lipinski definition) is 8. The van der Waals surface area contributed by atoms with Gasteiger partial charge in [0.25, 0.3) is 0 Å². The van der Waals surface area contributed by atoms with Crippen molar-refractivity contribution in [3.05, 3.63) is 35.4 Å². The molecule has 0 aromatic heterocycles. The minimum Gasteiger partial charge on any atom is -0.468 e. The van der Waals surface area contributed by atoms with Crippen molar-refractivity contribution >= 4 is 46.5 Å². The Hall–Kier alpha value is -2.17. The molecule has 9 heteroatoms. The number of alkyl halides is 1. The van der Waals surface area contributed by atoms with E-state index >= 15 is 0 Å². The molecule has 2 aliphatic rings. The molecular formula is C23H27IO8. The summed E-state index contributed by atoms with van der Waals surface area (Å²) in [5.41, 5.74) is -3.04. The van der Waals surface area contributed by atoms with Gasteiger partial charge in [-0.2, -0.15) is 0 Å². The van der Waals surface area contributed by atoms with Gasteiger partial charge in [0.2, 0.25) is 5.60 Å². The predicted molar refractivity (Wildman–Crippen MR) is 121 cm³/mol. The lowest BCUT2D eigenvalue weighted by Gasteiger charge is -2.55. The van der Waals surface area contributed by atoms with Gasteiger partial charge >= 0.3 is 23.9 Å². The smallest absolute Gasteiger partial charge is 0.355 e. The van der Waals surface area contributed by atoms with Crippen molar-refractivity contribution in [1.29, 1.82) is 0 Å². The van der Waals surface area contributed by atoms with Gasteiger partial charge in [-0.05, 0) is 18.9 Å². The second-order valence-electron chi connectivity index (χ2n) is 8.74. The molecule has 174 valence electrons. The molecule has 1 saturated carbocycles. The first kappa shape index (κ1) is 24.5. The lowest BCUT2D eigenvalue weighted by Crippen LogP contribution is -2.67. The molecule has 0 amide bonds. The lowest BCUT2D eigenvalue weighted by molar-refractivity contribution is -0.220. The Bertz CT molecular complexity index is 976. The molecule has 3 rings (SSSR count). The van der Waals surface area contributed by atoms with Gasteiger partial charge in [0.15, 0.2) is 0 Å². The maximum absolute atomic E-state index is 13.5. The molecule has 8 nitrogen and oxygen atoms in total. The Balaban J connectivity index is 2.45. The van der Waals surface area contributed by atoms with Crippen LogP contribution in [-0.2, 0) is 49.1 Å². The number of fused-ring (bicyclic) bond motifs is 3. The fraction of sp³-hybridized carbons (Fsp3) is 0.565. The predicted octanol–water partition coefficient (Wildman–Crippen LogP) is 2.82. The number of esters is 4. The van der Waals surface area contributed by atoms with Crippen LogP contribution in [0.5, 0.6) is 0 Å². The minimum atomic E-state index is -1.93. The highest BCUT2D eigenvalue weighted by Crippen LogP contribution is 2.67. The lowest BCUT2D eigenvalue weighted by atomic mass is 9.51. The third-order valence-electron chi connectivity index (χ3n) is 6.84. The molecule has 0 bridgehead atoms. The zero-order valence-electron chi connectivity index (χ0n) is 18.9. The fourth-order valence-corrected chi connectivity index (χ4v) is 7.83. The van der Waals surface area contributed by atoms with Crippen LogP contribution < -0.4 is 0 Å². The molecule has 2 unspecified atom stereocenters. The number of rotatable bonds is 4. The van der Waals surface area contributed by atoms with Crippen LogP contribution in [0.3, 0.4) is 0 Å². The van der Waals surface area contributed by atoms with Gasteiger partial charge in [-0.1, -0.05) is 53.8 Å². The molecule has 0 spiro atoms. The van der Waals surface area contributed by atoms with Gasteiger partial charge in [-0.25, -0.2) is 4.79 Å². The van der Waals surface area contributed by atoms with E-state index in [9.17, 15) is 19.2 Å². The second kappa shape index (κ2) is 8.31. The van der Waals surface area contributed by atoms with Crippen molar-refractivity contribution < 1.29 is 38.1 Å². The van der Waals surface area contributed by atoms with Gasteiger partial charge in [-0.3, -0.25) is 14.4 Å². The van der Waals surface area contributed by atoms with E-state index < -0.39 is 52.3 Å². The third kappa shape index (κ3) is 3.22. The molecule has 0 saturated heterocycles. The van der Waals surface area contributed by atoms with E-state index in [2.05, 4.69) is 22.6 Å². The molecule has 0 aliphatic heterocycles. The molecule has 1 fully saturated rings. The summed E-state index contributed by atoms with van der Waals surface area (Å²) in [7, 11) is 2.44. The van der Waals surface area contributed by atoms with Crippen LogP contribution in [0.1, 0.15) is 45.2 Å². The van der Waals surface area contributed by atoms with Gasteiger partial charge in [0.1, 0.15) is 11.5 Å². The highest BCUT2D eigenvalue weighted by molar-refractivity contribution is 14.1. The summed E-state index contributed by atoms with van der Waals surface area (Å²) in [4.78, 5) is 51.3. The molecule has 6 atom stereocenters. The molecular weight excluding hydrogens is 531 g/mol. The summed E-state index contributed by atoms with van der Waals surface area (Å²) < 4.78 is 21.6. The van der Waals surface area contributed by atoms with Gasteiger partial charge in [0, 0.05) is 30.7 Å². The Kier molecular flexibility index (Phi) is 6.36. The zero-order chi connectivity index (χ0) is 24.1. The van der Waals surface area contributed by atoms with Crippen molar-refractivity contribution in [2.75, 3.05) is 14.2 Å². The molecule has 0 N–H and O–H groups in total. The number of methoxy groups -OCH3 is 2. The van der Waals surface area contributed by atoms with Crippen LogP contribution in [0, 0.1) is 11.3 Å². The van der Waals surface area contributed by atoms with Gasteiger partial charge in [0.05, 0.1) is 18.1 Å². The normalized spacial score (nSPS) is 35.2. The topological polar surface area (TPSA) is 105 Å². The summed E-state index contributed by atoms with van der Waals surface area (Å²) in [6, 6.07) is 7.14. The minimum absolute atomic E-state index is 0.291. The van der Waals surface area contributed by atoms with Gasteiger partial charge < -0.3 is 18.9 Å². The number of benzene rings is 1. The summed E-state index contributed by atoms with van der Waals surface area (Å²) in [5, 5.41) is 0. The van der Waals surface area contributed by atoms with Crippen LogP contribution in [0.4, 0.5) is 0 Å². The monoisotopic (exact) mass is 558 g/mol. The van der Waals surface area contributed by atoms with Crippen LogP contribution in [0.2, 0.25) is 0 Å². The van der Waals surface area contributed by atoms with E-state index in [0.717, 1.165) is 5.56 Å². The standard InChI is InChI=1S/C23H27IO8/c1-12(25)31-17-16(24)11-21(3)14-9-7-8-10-15(14)23(20(28)30-6,32-13(2)26)18(21)22(17,4)19(27)29-5/h7-10,16-18H,11H2,1-6H3/t16-,17?,18-,21+,22-,23?/m1/s1. The van der Waals surface area contributed by atoms with E-state index in [1.165, 1.54) is 28.1 Å². The second-order valence-corrected chi connectivity index (χ2v) is 10.3. The zero-order valence-corrected chi connectivity index (χ0v) is 21.1. The van der Waals surface area contributed by atoms with Crippen LogP contribution in [0.15, 0.2) is 24.3 Å². The average Bonchev–Trinajstić information content (AvgIpc) is 2.95. The Morgan fingerprint density at radius 1 is 0.938 bits per heavy atom. The number of hydrogen-bond donors (Lipinski definition) is 0. The maximum Gasteiger partial charge on any atom is 0.355 e. The number of carbonyl (C=O) groups excluding carboxylic acids is 4. The van der Waals surface area contributed by atoms with E-state index in [0.29, 0.717) is 12.0 Å². The van der Waals surface area contributed by atoms with E-state index in [4.69, 9.17) is 18.9 Å². The van der Waals surface area contributed by atoms with Crippen molar-refractivity contribution in [3.63, 3.8) is 0 Å². The van der Waals surface area contributed by atoms with E-state index in [-0.39, 0.29) is 3.92 Å². The van der Waals surface area contributed by atoms with Crippen LogP contribution in [0.25, 0.3) is 0 Å². The van der Waals surface area contributed by atoms with Crippen molar-refractivity contribution in [3.8, 4) is 0 Å². The van der Waals surface area contributed by atoms with Crippen LogP contribution in [-0.4, -0.2) is 48.1 Å². The van der Waals surface area contributed by atoms with Crippen molar-refractivity contribution in [2.24, 2.45) is 11.3 Å². The largest absolute Gasteiger partial charge is 0.468 e. The van der Waals surface area contributed by atoms with Crippen LogP contribution >= 0.6 is 22.6 Å². The molecule has 1 aromatic carbocycles. The highest BCUT2D eigenvalue weighted by atomic mass is 127. The van der Waals surface area contributed by atoms with Gasteiger partial charge in [-0.15, -0.1) is 0 Å². The molecule has 1 aromatic rings. The van der Waals surface area contributed by atoms with E-state index in [1.807, 2.05) is 19.1 Å². The first-order valence-electron chi connectivity index (χ1n) is 10.2. The number of ether oxygens (including phenoxy) is 4. The molecule has 0 heterocycles. The summed E-state index contributed by atoms with van der Waals surface area (Å²) >= 11 is 2.17. The first-order valence-corrected chi connectivity index (χ1v) is 11.4. The Morgan fingerprint density at radius 3 is 2.00 bits per heavy atom. The first-order chi connectivity index (χ1) is 14.9. The van der Waals surface area contributed by atoms with Crippen molar-refractivity contribution in [2.45, 2.75) is 55.2 Å². The summed E-state index contributed by atoms with van der Waals surface area (Å²) in [6.07, 6.45) is -0.472. The Morgan fingerprint density at radius 2 is 1.50 bits per heavy atom. The quantitative estimate of drug-likeness (QED) is 0.241. The number of halogens is 1. The summed E-state index contributed by atoms with van der Waals surface area (Å²) in [5.74, 6) is -3.71. The SMILES string of the molecule is COC(=O)C1(OC(C)=O)c2ccccc2[C@]2(C)C[C@@H](I)C(OC(C)=O)[C@@](C)(C(=O)OC)[C@H]12. The Labute approximate surface area is 200 Å². The van der Waals surface area contributed by atoms with Crippen molar-refractivity contribution in [1.82, 2.24) is 0 Å². The molecule has 0 radical (unpaired) electrons. The van der Waals surface area contributed by atoms with E-state index in [1.54, 1.807) is 19.1 Å². The molecule has 32 heavy (non-hydrogen) atoms.